The number of methoxy groups -OCH3 is 2. The molecular weight excluding hydrogens is 438 g/mol. The molecule has 0 spiro atoms. The molecular formula is C24H25N5O5. The molecule has 2 aromatic carbocycles. The molecule has 2 aliphatic rings. The molecule has 3 aromatic rings. The second-order valence-corrected chi connectivity index (χ2v) is 7.89. The summed E-state index contributed by atoms with van der Waals surface area (Å²) in [5, 5.41) is 0.698. The number of hydrogen-bond acceptors (Lipinski definition) is 9. The Bertz CT molecular complexity index is 1270. The Morgan fingerprint density at radius 2 is 1.74 bits per heavy atom. The van der Waals surface area contributed by atoms with Crippen LogP contribution < -0.4 is 29.6 Å². The molecule has 10 nitrogen and oxygen atoms in total. The molecule has 5 rings (SSSR count). The highest BCUT2D eigenvalue weighted by atomic mass is 16.7. The van der Waals surface area contributed by atoms with Gasteiger partial charge in [0.1, 0.15) is 5.82 Å². The number of rotatable bonds is 5. The fourth-order valence-electron chi connectivity index (χ4n) is 4.02. The van der Waals surface area contributed by atoms with Crippen molar-refractivity contribution >= 4 is 34.7 Å². The van der Waals surface area contributed by atoms with Crippen molar-refractivity contribution in [1.29, 1.82) is 0 Å². The van der Waals surface area contributed by atoms with Crippen LogP contribution in [-0.2, 0) is 4.79 Å². The number of carbonyl (C=O) groups excluding carboxylic acids is 1. The zero-order valence-corrected chi connectivity index (χ0v) is 19.0. The van der Waals surface area contributed by atoms with Crippen LogP contribution in [0.15, 0.2) is 36.4 Å². The number of nitrogens with two attached hydrogens (primary N) is 1. The number of benzene rings is 2. The topological polar surface area (TPSA) is 112 Å². The quantitative estimate of drug-likeness (QED) is 0.570. The molecule has 10 heteroatoms. The lowest BCUT2D eigenvalue weighted by molar-refractivity contribution is -0.126. The van der Waals surface area contributed by atoms with Crippen LogP contribution in [0.5, 0.6) is 23.0 Å². The Morgan fingerprint density at radius 3 is 2.50 bits per heavy atom. The van der Waals surface area contributed by atoms with Gasteiger partial charge < -0.3 is 34.5 Å². The van der Waals surface area contributed by atoms with Crippen molar-refractivity contribution in [2.24, 2.45) is 0 Å². The number of nitrogen functional groups attached to an aromatic ring is 1. The fourth-order valence-corrected chi connectivity index (χ4v) is 4.02. The normalized spacial score (nSPS) is 15.2. The van der Waals surface area contributed by atoms with Gasteiger partial charge in [-0.2, -0.15) is 4.98 Å². The summed E-state index contributed by atoms with van der Waals surface area (Å²) in [5.74, 6) is 3.39. The molecule has 0 atom stereocenters. The SMILES string of the molecule is COc1cc2nc(N3CCN(C(=O)/C=C/c4ccc5c(c4)OCO5)CC3)nc(N)c2cc1OC. The van der Waals surface area contributed by atoms with E-state index in [-0.39, 0.29) is 12.7 Å². The van der Waals surface area contributed by atoms with Crippen LogP contribution in [0, 0.1) is 0 Å². The van der Waals surface area contributed by atoms with Gasteiger partial charge in [0.15, 0.2) is 23.0 Å². The largest absolute Gasteiger partial charge is 0.493 e. The highest BCUT2D eigenvalue weighted by Gasteiger charge is 2.23. The third kappa shape index (κ3) is 4.09. The maximum Gasteiger partial charge on any atom is 0.246 e. The van der Waals surface area contributed by atoms with E-state index in [9.17, 15) is 4.79 Å². The van der Waals surface area contributed by atoms with Gasteiger partial charge in [-0.05, 0) is 29.8 Å². The highest BCUT2D eigenvalue weighted by Crippen LogP contribution is 2.34. The molecule has 2 N–H and O–H groups in total. The van der Waals surface area contributed by atoms with Gasteiger partial charge in [0.05, 0.1) is 19.7 Å². The van der Waals surface area contributed by atoms with Crippen molar-refractivity contribution in [3.8, 4) is 23.0 Å². The lowest BCUT2D eigenvalue weighted by Crippen LogP contribution is -2.48. The number of aromatic nitrogens is 2. The van der Waals surface area contributed by atoms with Gasteiger partial charge in [-0.1, -0.05) is 6.07 Å². The number of nitrogens with zero attached hydrogens (tertiary/aromatic N) is 4. The van der Waals surface area contributed by atoms with Crippen molar-refractivity contribution < 1.29 is 23.7 Å². The number of ether oxygens (including phenoxy) is 4. The zero-order valence-electron chi connectivity index (χ0n) is 19.0. The van der Waals surface area contributed by atoms with Crippen LogP contribution >= 0.6 is 0 Å². The van der Waals surface area contributed by atoms with E-state index in [1.165, 1.54) is 0 Å². The van der Waals surface area contributed by atoms with E-state index >= 15 is 0 Å². The fraction of sp³-hybridized carbons (Fsp3) is 0.292. The standard InChI is InChI=1S/C24H25N5O5/c1-31-19-12-16-17(13-20(19)32-2)26-24(27-23(16)25)29-9-7-28(8-10-29)22(30)6-4-15-3-5-18-21(11-15)34-14-33-18/h3-6,11-13H,7-10,14H2,1-2H3,(H2,25,26,27)/b6-4+. The Morgan fingerprint density at radius 1 is 1.00 bits per heavy atom. The molecule has 0 saturated carbocycles. The minimum absolute atomic E-state index is 0.0481. The summed E-state index contributed by atoms with van der Waals surface area (Å²) < 4.78 is 21.4. The van der Waals surface area contributed by atoms with Crippen molar-refractivity contribution in [2.45, 2.75) is 0 Å². The molecule has 0 bridgehead atoms. The molecule has 1 amide bonds. The summed E-state index contributed by atoms with van der Waals surface area (Å²) in [6.07, 6.45) is 3.36. The summed E-state index contributed by atoms with van der Waals surface area (Å²) >= 11 is 0. The smallest absolute Gasteiger partial charge is 0.246 e. The van der Waals surface area contributed by atoms with Crippen LogP contribution in [0.4, 0.5) is 11.8 Å². The van der Waals surface area contributed by atoms with Gasteiger partial charge in [-0.25, -0.2) is 4.98 Å². The number of carbonyl (C=O) groups is 1. The van der Waals surface area contributed by atoms with E-state index in [0.29, 0.717) is 71.8 Å². The molecule has 1 fully saturated rings. The molecule has 176 valence electrons. The molecule has 3 heterocycles. The Balaban J connectivity index is 1.26. The van der Waals surface area contributed by atoms with Gasteiger partial charge in [0, 0.05) is 43.7 Å². The second-order valence-electron chi connectivity index (χ2n) is 7.89. The van der Waals surface area contributed by atoms with E-state index in [0.717, 1.165) is 5.56 Å². The number of fused-ring (bicyclic) bond motifs is 2. The first-order valence-corrected chi connectivity index (χ1v) is 10.9. The van der Waals surface area contributed by atoms with Gasteiger partial charge >= 0.3 is 0 Å². The lowest BCUT2D eigenvalue weighted by Gasteiger charge is -2.34. The number of piperazine rings is 1. The summed E-state index contributed by atoms with van der Waals surface area (Å²) in [7, 11) is 3.15. The molecule has 0 unspecified atom stereocenters. The van der Waals surface area contributed by atoms with E-state index < -0.39 is 0 Å². The van der Waals surface area contributed by atoms with Gasteiger partial charge in [-0.15, -0.1) is 0 Å². The predicted octanol–water partition coefficient (Wildman–Crippen LogP) is 2.32. The number of anilines is 2. The van der Waals surface area contributed by atoms with E-state index in [1.54, 1.807) is 43.4 Å². The first kappa shape index (κ1) is 21.6. The summed E-state index contributed by atoms with van der Waals surface area (Å²) in [6.45, 7) is 2.53. The Labute approximate surface area is 196 Å². The first-order valence-electron chi connectivity index (χ1n) is 10.9. The minimum atomic E-state index is -0.0481. The van der Waals surface area contributed by atoms with Crippen LogP contribution in [0.25, 0.3) is 17.0 Å². The van der Waals surface area contributed by atoms with E-state index in [4.69, 9.17) is 24.7 Å². The van der Waals surface area contributed by atoms with Crippen LogP contribution in [0.2, 0.25) is 0 Å². The summed E-state index contributed by atoms with van der Waals surface area (Å²) in [6, 6.07) is 9.15. The molecule has 0 aliphatic carbocycles. The molecule has 1 aromatic heterocycles. The van der Waals surface area contributed by atoms with Gasteiger partial charge in [0.25, 0.3) is 0 Å². The summed E-state index contributed by atoms with van der Waals surface area (Å²) in [4.78, 5) is 25.7. The monoisotopic (exact) mass is 463 g/mol. The Hall–Kier alpha value is -4.21. The van der Waals surface area contributed by atoms with Crippen molar-refractivity contribution in [3.63, 3.8) is 0 Å². The first-order chi connectivity index (χ1) is 16.6. The maximum absolute atomic E-state index is 12.7. The third-order valence-corrected chi connectivity index (χ3v) is 5.91. The lowest BCUT2D eigenvalue weighted by atomic mass is 10.2. The van der Waals surface area contributed by atoms with E-state index in [1.807, 2.05) is 23.1 Å². The van der Waals surface area contributed by atoms with E-state index in [2.05, 4.69) is 9.97 Å². The van der Waals surface area contributed by atoms with Crippen molar-refractivity contribution in [1.82, 2.24) is 14.9 Å². The van der Waals surface area contributed by atoms with Gasteiger partial charge in [0.2, 0.25) is 18.6 Å². The van der Waals surface area contributed by atoms with Crippen molar-refractivity contribution in [3.05, 3.63) is 42.0 Å². The second kappa shape index (κ2) is 8.97. The number of amides is 1. The zero-order chi connectivity index (χ0) is 23.7. The van der Waals surface area contributed by atoms with Crippen LogP contribution in [0.1, 0.15) is 5.56 Å². The average molecular weight is 463 g/mol. The Kier molecular flexibility index (Phi) is 5.70. The van der Waals surface area contributed by atoms with Crippen molar-refractivity contribution in [2.75, 3.05) is 57.8 Å². The number of hydrogen-bond donors (Lipinski definition) is 1. The maximum atomic E-state index is 12.7. The predicted molar refractivity (Wildman–Crippen MR) is 127 cm³/mol. The molecule has 0 radical (unpaired) electrons. The van der Waals surface area contributed by atoms with Gasteiger partial charge in [-0.3, -0.25) is 4.79 Å². The molecule has 34 heavy (non-hydrogen) atoms. The highest BCUT2D eigenvalue weighted by molar-refractivity contribution is 5.93. The molecule has 1 saturated heterocycles. The summed E-state index contributed by atoms with van der Waals surface area (Å²) in [5.41, 5.74) is 7.77. The van der Waals surface area contributed by atoms with Crippen LogP contribution in [0.3, 0.4) is 0 Å². The van der Waals surface area contributed by atoms with Crippen LogP contribution in [-0.4, -0.2) is 68.0 Å². The molecule has 2 aliphatic heterocycles. The third-order valence-electron chi connectivity index (χ3n) is 5.91. The minimum Gasteiger partial charge on any atom is -0.493 e. The average Bonchev–Trinajstić information content (AvgIpc) is 3.34.